The third-order valence-corrected chi connectivity index (χ3v) is 11.5. The molecule has 7 nitrogen and oxygen atoms in total. The summed E-state index contributed by atoms with van der Waals surface area (Å²) >= 11 is 0. The van der Waals surface area contributed by atoms with Gasteiger partial charge in [0.25, 0.3) is 0 Å². The second-order valence-corrected chi connectivity index (χ2v) is 17.1. The molecule has 0 saturated carbocycles. The van der Waals surface area contributed by atoms with Crippen LogP contribution in [0.3, 0.4) is 0 Å². The minimum absolute atomic E-state index is 0. The fraction of sp³-hybridized carbons (Fsp3) is 0.750. The van der Waals surface area contributed by atoms with Gasteiger partial charge in [-0.3, -0.25) is 0 Å². The van der Waals surface area contributed by atoms with Gasteiger partial charge in [-0.25, -0.2) is 18.0 Å². The van der Waals surface area contributed by atoms with E-state index >= 15 is 0 Å². The van der Waals surface area contributed by atoms with Crippen molar-refractivity contribution in [2.75, 3.05) is 13.2 Å². The average Bonchev–Trinajstić information content (AvgIpc) is 3.18. The second kappa shape index (κ2) is 40.6. The Balaban J connectivity index is 0.0000314. The molecule has 1 aromatic carbocycles. The number of unbranched alkanes of at least 4 members (excludes halogenated alkanes) is 30. The van der Waals surface area contributed by atoms with Gasteiger partial charge in [0, 0.05) is 0 Å². The Bertz CT molecular complexity index is 1280. The Kier molecular flexibility index (Phi) is 40.0. The minimum Gasteiger partial charge on any atom is -0.744 e. The van der Waals surface area contributed by atoms with Gasteiger partial charge in [0.1, 0.15) is 10.1 Å². The fourth-order valence-corrected chi connectivity index (χ4v) is 7.67. The normalized spacial score (nSPS) is 11.7. The molecule has 0 aliphatic heterocycles. The quantitative estimate of drug-likeness (QED) is 0.0213. The predicted octanol–water partition coefficient (Wildman–Crippen LogP) is 11.5. The van der Waals surface area contributed by atoms with Gasteiger partial charge >= 0.3 is 63.3 Å². The maximum Gasteiger partial charge on any atom is 1.00 e. The number of carbonyl (C=O) groups is 2. The number of benzene rings is 1. The number of allylic oxidation sites excluding steroid dienone is 4. The van der Waals surface area contributed by atoms with E-state index in [1.165, 1.54) is 167 Å². The monoisotopic (exact) mass is 841 g/mol. The summed E-state index contributed by atoms with van der Waals surface area (Å²) in [6, 6.07) is 3.15. The van der Waals surface area contributed by atoms with E-state index in [2.05, 4.69) is 38.2 Å². The molecule has 0 unspecified atom stereocenters. The molecular weight excluding hydrogens is 760 g/mol. The van der Waals surface area contributed by atoms with Crippen molar-refractivity contribution in [2.45, 2.75) is 224 Å². The first-order chi connectivity index (χ1) is 27.3. The summed E-state index contributed by atoms with van der Waals surface area (Å²) in [6.07, 6.45) is 48.1. The number of carbonyl (C=O) groups excluding carboxylic acids is 2. The first-order valence-electron chi connectivity index (χ1n) is 23.0. The molecule has 322 valence electrons. The van der Waals surface area contributed by atoms with Crippen LogP contribution in [0.25, 0.3) is 0 Å². The van der Waals surface area contributed by atoms with Crippen molar-refractivity contribution < 1.29 is 83.4 Å². The minimum atomic E-state index is -4.82. The number of esters is 2. The molecule has 0 saturated heterocycles. The summed E-state index contributed by atoms with van der Waals surface area (Å²) in [4.78, 5) is 25.3. The largest absolute Gasteiger partial charge is 1.00 e. The third kappa shape index (κ3) is 33.6. The zero-order valence-corrected chi connectivity index (χ0v) is 40.8. The van der Waals surface area contributed by atoms with Gasteiger partial charge < -0.3 is 14.0 Å². The Morgan fingerprint density at radius 2 is 0.754 bits per heavy atom. The zero-order valence-electron chi connectivity index (χ0n) is 36.8. The molecule has 9 heteroatoms. The van der Waals surface area contributed by atoms with Crippen molar-refractivity contribution in [2.24, 2.45) is 0 Å². The topological polar surface area (TPSA) is 110 Å². The molecule has 0 fully saturated rings. The summed E-state index contributed by atoms with van der Waals surface area (Å²) in [5, 5.41) is 0. The van der Waals surface area contributed by atoms with E-state index in [1.54, 1.807) is 0 Å². The summed E-state index contributed by atoms with van der Waals surface area (Å²) in [7, 11) is -4.82. The van der Waals surface area contributed by atoms with E-state index in [0.29, 0.717) is 12.8 Å². The van der Waals surface area contributed by atoms with Crippen molar-refractivity contribution in [3.8, 4) is 0 Å². The van der Waals surface area contributed by atoms with Crippen molar-refractivity contribution in [3.05, 3.63) is 53.6 Å². The smallest absolute Gasteiger partial charge is 0.744 e. The van der Waals surface area contributed by atoms with E-state index < -0.39 is 27.0 Å². The maximum atomic E-state index is 13.0. The summed E-state index contributed by atoms with van der Waals surface area (Å²) < 4.78 is 45.8. The van der Waals surface area contributed by atoms with Gasteiger partial charge in [0.15, 0.2) is 0 Å². The molecule has 0 amide bonds. The number of hydrogen-bond donors (Lipinski definition) is 0. The molecule has 1 aromatic rings. The van der Waals surface area contributed by atoms with Gasteiger partial charge in [0.05, 0.1) is 29.2 Å². The van der Waals surface area contributed by atoms with Gasteiger partial charge in [-0.1, -0.05) is 191 Å². The molecule has 0 spiro atoms. The van der Waals surface area contributed by atoms with E-state index in [1.807, 2.05) is 0 Å². The summed E-state index contributed by atoms with van der Waals surface area (Å²) in [6.45, 7) is 4.55. The Hall–Kier alpha value is -0.814. The van der Waals surface area contributed by atoms with Crippen LogP contribution in [0.4, 0.5) is 0 Å². The van der Waals surface area contributed by atoms with Crippen LogP contribution in [-0.2, 0) is 19.6 Å². The van der Waals surface area contributed by atoms with Crippen molar-refractivity contribution in [1.82, 2.24) is 0 Å². The van der Waals surface area contributed by atoms with E-state index in [4.69, 9.17) is 9.47 Å². The molecular formula is C48H81KO7S. The maximum absolute atomic E-state index is 13.0. The summed E-state index contributed by atoms with van der Waals surface area (Å²) in [5.41, 5.74) is -0.333. The van der Waals surface area contributed by atoms with Gasteiger partial charge in [-0.15, -0.1) is 0 Å². The van der Waals surface area contributed by atoms with Crippen LogP contribution >= 0.6 is 0 Å². The predicted molar refractivity (Wildman–Crippen MR) is 232 cm³/mol. The van der Waals surface area contributed by atoms with Gasteiger partial charge in [-0.2, -0.15) is 0 Å². The average molecular weight is 841 g/mol. The second-order valence-electron chi connectivity index (χ2n) is 15.8. The first-order valence-corrected chi connectivity index (χ1v) is 24.4. The third-order valence-electron chi connectivity index (χ3n) is 10.7. The fourth-order valence-electron chi connectivity index (χ4n) is 7.17. The zero-order chi connectivity index (χ0) is 40.8. The molecule has 0 atom stereocenters. The van der Waals surface area contributed by atoms with Crippen LogP contribution in [-0.4, -0.2) is 38.1 Å². The molecule has 0 radical (unpaired) electrons. The van der Waals surface area contributed by atoms with E-state index in [0.717, 1.165) is 44.2 Å². The van der Waals surface area contributed by atoms with Crippen LogP contribution in [0.1, 0.15) is 240 Å². The summed E-state index contributed by atoms with van der Waals surface area (Å²) in [5.74, 6) is -1.54. The molecule has 0 bridgehead atoms. The van der Waals surface area contributed by atoms with Crippen LogP contribution in [0.15, 0.2) is 47.4 Å². The van der Waals surface area contributed by atoms with Crippen LogP contribution < -0.4 is 51.4 Å². The van der Waals surface area contributed by atoms with Crippen molar-refractivity contribution in [1.29, 1.82) is 0 Å². The Morgan fingerprint density at radius 1 is 0.474 bits per heavy atom. The number of hydrogen-bond acceptors (Lipinski definition) is 7. The molecule has 0 aliphatic carbocycles. The van der Waals surface area contributed by atoms with E-state index in [-0.39, 0.29) is 75.7 Å². The molecule has 0 aliphatic rings. The Morgan fingerprint density at radius 3 is 1.05 bits per heavy atom. The van der Waals surface area contributed by atoms with Crippen molar-refractivity contribution >= 4 is 22.1 Å². The van der Waals surface area contributed by atoms with Crippen LogP contribution in [0.5, 0.6) is 0 Å². The van der Waals surface area contributed by atoms with Crippen molar-refractivity contribution in [3.63, 3.8) is 0 Å². The molecule has 1 rings (SSSR count). The van der Waals surface area contributed by atoms with Gasteiger partial charge in [-0.05, 0) is 70.6 Å². The molecule has 57 heavy (non-hydrogen) atoms. The van der Waals surface area contributed by atoms with Crippen LogP contribution in [0, 0.1) is 0 Å². The standard InChI is InChI=1S/C48H82O7S.K/c1-3-5-7-9-11-13-15-17-19-21-23-25-27-29-31-33-35-37-41-54-47(49)45-40-39-44(56(51,52)53)43-46(45)48(50)55-42-38-36-34-32-30-28-26-24-22-20-18-16-14-12-10-8-6-4-2;/h3-6,39-40,43H,7-38,41-42H2,1-2H3,(H,51,52,53);/q;+1/p-1/b5-3+,6-4+;. The van der Waals surface area contributed by atoms with Crippen LogP contribution in [0.2, 0.25) is 0 Å². The SMILES string of the molecule is C/C=C/CCCCCCCCCCCCCCCCCOC(=O)c1ccc(S(=O)(=O)[O-])cc1C(=O)OCCCCCCCCCCCCCCCCC/C=C/C.[K+]. The molecule has 0 aromatic heterocycles. The number of ether oxygens (including phenoxy) is 2. The molecule has 0 N–H and O–H groups in total. The van der Waals surface area contributed by atoms with Gasteiger partial charge in [0.2, 0.25) is 0 Å². The first kappa shape index (κ1) is 56.2. The Labute approximate surface area is 392 Å². The van der Waals surface area contributed by atoms with E-state index in [9.17, 15) is 22.6 Å². The number of rotatable bonds is 39. The molecule has 0 heterocycles.